The van der Waals surface area contributed by atoms with Crippen LogP contribution in [-0.2, 0) is 24.3 Å². The smallest absolute Gasteiger partial charge is 0.405 e. The normalized spacial score (nSPS) is 21.1. The molecule has 0 saturated heterocycles. The Labute approximate surface area is 200 Å². The van der Waals surface area contributed by atoms with Crippen LogP contribution in [0.2, 0.25) is 0 Å². The lowest BCUT2D eigenvalue weighted by atomic mass is 9.87. The number of aromatic nitrogens is 1. The molecule has 3 saturated carbocycles. The number of nitrogens with one attached hydrogen (secondary N) is 1. The van der Waals surface area contributed by atoms with Gasteiger partial charge in [-0.2, -0.15) is 5.26 Å². The van der Waals surface area contributed by atoms with Crippen LogP contribution in [0, 0.1) is 23.2 Å². The molecule has 3 aliphatic carbocycles. The second-order valence-electron chi connectivity index (χ2n) is 10.5. The molecular formula is C27H34N4O3. The fourth-order valence-corrected chi connectivity index (χ4v) is 5.56. The summed E-state index contributed by atoms with van der Waals surface area (Å²) in [5, 5.41) is 20.0. The second kappa shape index (κ2) is 9.32. The van der Waals surface area contributed by atoms with Crippen LogP contribution in [0.4, 0.5) is 4.79 Å². The highest BCUT2D eigenvalue weighted by Crippen LogP contribution is 2.37. The molecular weight excluding hydrogens is 428 g/mol. The largest absolute Gasteiger partial charge is 0.465 e. The monoisotopic (exact) mass is 462 g/mol. The Morgan fingerprint density at radius 2 is 1.85 bits per heavy atom. The van der Waals surface area contributed by atoms with E-state index in [1.165, 1.54) is 60.8 Å². The number of rotatable bonds is 4. The number of para-hydroxylation sites is 1. The minimum Gasteiger partial charge on any atom is -0.465 e. The maximum atomic E-state index is 13.0. The summed E-state index contributed by atoms with van der Waals surface area (Å²) in [6.07, 6.45) is 9.95. The molecule has 3 fully saturated rings. The van der Waals surface area contributed by atoms with E-state index in [1.807, 2.05) is 6.07 Å². The maximum Gasteiger partial charge on any atom is 0.405 e. The summed E-state index contributed by atoms with van der Waals surface area (Å²) >= 11 is 0. The van der Waals surface area contributed by atoms with Gasteiger partial charge in [0.05, 0.1) is 6.07 Å². The molecule has 0 radical (unpaired) electrons. The standard InChI is InChI=1S/C22H28N2O.C5H6N2O2/c25-22(17-6-2-1-3-7-17)23-13-12-21-19(15-23)18-8-4-5-9-20(18)24(21)14-16-10-11-16;6-3-5(1-2-5)7-4(8)9/h4-5,8-9,16-17H,1-3,6-7,10-15H2;7H,1-2H2,(H,8,9). The molecule has 0 unspecified atom stereocenters. The Hall–Kier alpha value is -3.01. The zero-order chi connectivity index (χ0) is 23.7. The van der Waals surface area contributed by atoms with E-state index in [4.69, 9.17) is 10.4 Å². The zero-order valence-corrected chi connectivity index (χ0v) is 19.8. The molecule has 2 N–H and O–H groups in total. The van der Waals surface area contributed by atoms with Gasteiger partial charge in [0.2, 0.25) is 5.91 Å². The van der Waals surface area contributed by atoms with Gasteiger partial charge in [0.15, 0.2) is 0 Å². The minimum atomic E-state index is -1.12. The highest BCUT2D eigenvalue weighted by Gasteiger charge is 2.44. The lowest BCUT2D eigenvalue weighted by Gasteiger charge is -2.32. The van der Waals surface area contributed by atoms with E-state index in [9.17, 15) is 9.59 Å². The lowest BCUT2D eigenvalue weighted by Crippen LogP contribution is -2.40. The highest BCUT2D eigenvalue weighted by atomic mass is 16.4. The summed E-state index contributed by atoms with van der Waals surface area (Å²) in [7, 11) is 0. The first-order valence-corrected chi connectivity index (χ1v) is 12.8. The Balaban J connectivity index is 0.000000227. The van der Waals surface area contributed by atoms with Gasteiger partial charge in [-0.25, -0.2) is 4.79 Å². The molecule has 7 nitrogen and oxygen atoms in total. The minimum absolute atomic E-state index is 0.287. The van der Waals surface area contributed by atoms with Crippen LogP contribution < -0.4 is 5.32 Å². The van der Waals surface area contributed by atoms with Gasteiger partial charge < -0.3 is 19.9 Å². The van der Waals surface area contributed by atoms with Crippen molar-refractivity contribution in [3.63, 3.8) is 0 Å². The predicted molar refractivity (Wildman–Crippen MR) is 129 cm³/mol. The summed E-state index contributed by atoms with van der Waals surface area (Å²) < 4.78 is 2.57. The van der Waals surface area contributed by atoms with Gasteiger partial charge in [-0.3, -0.25) is 4.79 Å². The van der Waals surface area contributed by atoms with E-state index < -0.39 is 11.6 Å². The molecule has 2 heterocycles. The number of amides is 2. The molecule has 6 rings (SSSR count). The number of nitriles is 1. The van der Waals surface area contributed by atoms with Gasteiger partial charge >= 0.3 is 6.09 Å². The number of carbonyl (C=O) groups is 2. The van der Waals surface area contributed by atoms with E-state index in [1.54, 1.807) is 0 Å². The molecule has 180 valence electrons. The van der Waals surface area contributed by atoms with Crippen molar-refractivity contribution in [1.82, 2.24) is 14.8 Å². The molecule has 0 bridgehead atoms. The van der Waals surface area contributed by atoms with Crippen molar-refractivity contribution in [2.24, 2.45) is 11.8 Å². The zero-order valence-electron chi connectivity index (χ0n) is 19.8. The second-order valence-corrected chi connectivity index (χ2v) is 10.5. The molecule has 0 spiro atoms. The Morgan fingerprint density at radius 3 is 2.47 bits per heavy atom. The number of nitrogens with zero attached hydrogens (tertiary/aromatic N) is 3. The van der Waals surface area contributed by atoms with Crippen molar-refractivity contribution in [1.29, 1.82) is 5.26 Å². The number of benzene rings is 1. The lowest BCUT2D eigenvalue weighted by molar-refractivity contribution is -0.137. The Bertz CT molecular complexity index is 1120. The third-order valence-corrected chi connectivity index (χ3v) is 7.88. The van der Waals surface area contributed by atoms with Crippen LogP contribution >= 0.6 is 0 Å². The first-order chi connectivity index (χ1) is 16.5. The average Bonchev–Trinajstić information content (AvgIpc) is 3.79. The maximum absolute atomic E-state index is 13.0. The third kappa shape index (κ3) is 4.77. The van der Waals surface area contributed by atoms with Gasteiger partial charge in [-0.15, -0.1) is 0 Å². The van der Waals surface area contributed by atoms with Gasteiger partial charge in [0.25, 0.3) is 0 Å². The van der Waals surface area contributed by atoms with Crippen LogP contribution in [0.3, 0.4) is 0 Å². The van der Waals surface area contributed by atoms with Crippen molar-refractivity contribution >= 4 is 22.9 Å². The highest BCUT2D eigenvalue weighted by molar-refractivity contribution is 5.87. The molecule has 34 heavy (non-hydrogen) atoms. The van der Waals surface area contributed by atoms with Crippen molar-refractivity contribution in [2.45, 2.75) is 82.8 Å². The van der Waals surface area contributed by atoms with Gasteiger partial charge in [-0.05, 0) is 50.5 Å². The van der Waals surface area contributed by atoms with Crippen LogP contribution in [0.1, 0.15) is 69.0 Å². The predicted octanol–water partition coefficient (Wildman–Crippen LogP) is 4.83. The molecule has 0 atom stereocenters. The number of hydrogen-bond acceptors (Lipinski definition) is 3. The quantitative estimate of drug-likeness (QED) is 0.680. The first-order valence-electron chi connectivity index (χ1n) is 12.8. The third-order valence-electron chi connectivity index (χ3n) is 7.88. The average molecular weight is 463 g/mol. The number of carboxylic acid groups (broad SMARTS) is 1. The van der Waals surface area contributed by atoms with Crippen LogP contribution in [0.25, 0.3) is 10.9 Å². The molecule has 2 aromatic rings. The number of carbonyl (C=O) groups excluding carboxylic acids is 1. The first kappa shape index (κ1) is 22.8. The summed E-state index contributed by atoms with van der Waals surface area (Å²) in [4.78, 5) is 25.1. The summed E-state index contributed by atoms with van der Waals surface area (Å²) in [5.74, 6) is 1.58. The van der Waals surface area contributed by atoms with E-state index >= 15 is 0 Å². The van der Waals surface area contributed by atoms with Gasteiger partial charge in [0, 0.05) is 54.1 Å². The van der Waals surface area contributed by atoms with Crippen LogP contribution in [-0.4, -0.2) is 38.7 Å². The fourth-order valence-electron chi connectivity index (χ4n) is 5.56. The SMILES string of the molecule is N#CC1(NC(=O)O)CC1.O=C(C1CCCCC1)N1CCc2c(c3ccccc3n2CC2CC2)C1. The molecule has 2 amide bonds. The molecule has 1 aliphatic heterocycles. The molecule has 1 aromatic heterocycles. The van der Waals surface area contributed by atoms with E-state index in [0.717, 1.165) is 38.3 Å². The van der Waals surface area contributed by atoms with Crippen LogP contribution in [0.5, 0.6) is 0 Å². The molecule has 4 aliphatic rings. The van der Waals surface area contributed by atoms with E-state index in [0.29, 0.717) is 18.7 Å². The summed E-state index contributed by atoms with van der Waals surface area (Å²) in [6.45, 7) is 2.90. The molecule has 7 heteroatoms. The van der Waals surface area contributed by atoms with Crippen molar-refractivity contribution in [3.8, 4) is 6.07 Å². The van der Waals surface area contributed by atoms with Crippen molar-refractivity contribution < 1.29 is 14.7 Å². The summed E-state index contributed by atoms with van der Waals surface area (Å²) in [6, 6.07) is 10.7. The summed E-state index contributed by atoms with van der Waals surface area (Å²) in [5.41, 5.74) is 3.57. The van der Waals surface area contributed by atoms with Crippen molar-refractivity contribution in [3.05, 3.63) is 35.5 Å². The van der Waals surface area contributed by atoms with E-state index in [-0.39, 0.29) is 5.92 Å². The molecule has 1 aromatic carbocycles. The van der Waals surface area contributed by atoms with Gasteiger partial charge in [0.1, 0.15) is 5.54 Å². The number of hydrogen-bond donors (Lipinski definition) is 2. The van der Waals surface area contributed by atoms with Crippen LogP contribution in [0.15, 0.2) is 24.3 Å². The fraction of sp³-hybridized carbons (Fsp3) is 0.593. The Kier molecular flexibility index (Phi) is 6.24. The van der Waals surface area contributed by atoms with Gasteiger partial charge in [-0.1, -0.05) is 37.5 Å². The Morgan fingerprint density at radius 1 is 1.12 bits per heavy atom. The van der Waals surface area contributed by atoms with Crippen molar-refractivity contribution in [2.75, 3.05) is 6.54 Å². The van der Waals surface area contributed by atoms with E-state index in [2.05, 4.69) is 39.0 Å². The topological polar surface area (TPSA) is 98.4 Å². The number of fused-ring (bicyclic) bond motifs is 3.